The summed E-state index contributed by atoms with van der Waals surface area (Å²) in [7, 11) is 0. The number of hydrogen-bond acceptors (Lipinski definition) is 2. The first kappa shape index (κ1) is 13.1. The molecule has 3 aromatic rings. The van der Waals surface area contributed by atoms with Crippen molar-refractivity contribution in [3.63, 3.8) is 0 Å². The monoisotopic (exact) mass is 337 g/mol. The molecular formula is C14H10BrF2N3. The van der Waals surface area contributed by atoms with Gasteiger partial charge in [-0.2, -0.15) is 0 Å². The number of fused-ring (bicyclic) bond motifs is 1. The molecule has 0 amide bonds. The summed E-state index contributed by atoms with van der Waals surface area (Å²) in [6.45, 7) is 1.93. The van der Waals surface area contributed by atoms with Gasteiger partial charge in [0.1, 0.15) is 28.8 Å². The minimum atomic E-state index is -0.659. The Labute approximate surface area is 122 Å². The van der Waals surface area contributed by atoms with Crippen LogP contribution in [0.25, 0.3) is 16.9 Å². The number of imidazole rings is 1. The number of rotatable bonds is 1. The third-order valence-electron chi connectivity index (χ3n) is 3.08. The number of nitrogen functional groups attached to an aromatic ring is 1. The Morgan fingerprint density at radius 1 is 1.15 bits per heavy atom. The molecule has 3 rings (SSSR count). The van der Waals surface area contributed by atoms with Gasteiger partial charge in [-0.1, -0.05) is 0 Å². The van der Waals surface area contributed by atoms with E-state index < -0.39 is 11.6 Å². The summed E-state index contributed by atoms with van der Waals surface area (Å²) in [5.41, 5.74) is 8.33. The van der Waals surface area contributed by atoms with E-state index >= 15 is 0 Å². The maximum atomic E-state index is 13.3. The van der Waals surface area contributed by atoms with Crippen LogP contribution in [0.4, 0.5) is 14.6 Å². The van der Waals surface area contributed by atoms with Crippen molar-refractivity contribution in [2.24, 2.45) is 0 Å². The summed E-state index contributed by atoms with van der Waals surface area (Å²) in [6.07, 6.45) is 1.78. The first-order valence-corrected chi connectivity index (χ1v) is 6.65. The largest absolute Gasteiger partial charge is 0.383 e. The lowest BCUT2D eigenvalue weighted by molar-refractivity contribution is 0.584. The van der Waals surface area contributed by atoms with Crippen molar-refractivity contribution in [3.05, 3.63) is 52.1 Å². The molecule has 0 saturated carbocycles. The molecule has 2 heterocycles. The van der Waals surface area contributed by atoms with E-state index in [4.69, 9.17) is 5.73 Å². The molecule has 1 aromatic carbocycles. The number of halogens is 3. The summed E-state index contributed by atoms with van der Waals surface area (Å²) in [5.74, 6) is -0.978. The Kier molecular flexibility index (Phi) is 2.97. The van der Waals surface area contributed by atoms with Crippen molar-refractivity contribution >= 4 is 27.4 Å². The van der Waals surface area contributed by atoms with Gasteiger partial charge in [-0.15, -0.1) is 0 Å². The predicted molar refractivity (Wildman–Crippen MR) is 77.4 cm³/mol. The molecule has 0 aliphatic heterocycles. The minimum absolute atomic E-state index is 0.317. The fourth-order valence-corrected chi connectivity index (χ4v) is 2.40. The van der Waals surface area contributed by atoms with Crippen LogP contribution in [-0.2, 0) is 0 Å². The standard InChI is InChI=1S/C14H10BrF2N3/c1-7-2-12-19-13(14(18)20(12)6-11(7)15)8-3-9(16)5-10(17)4-8/h2-6H,18H2,1H3. The molecule has 0 aliphatic rings. The topological polar surface area (TPSA) is 43.3 Å². The van der Waals surface area contributed by atoms with Gasteiger partial charge < -0.3 is 5.73 Å². The second kappa shape index (κ2) is 4.56. The predicted octanol–water partition coefficient (Wildman–Crippen LogP) is 3.93. The van der Waals surface area contributed by atoms with E-state index in [0.717, 1.165) is 16.1 Å². The molecule has 2 aromatic heterocycles. The van der Waals surface area contributed by atoms with Crippen LogP contribution in [-0.4, -0.2) is 9.38 Å². The number of hydrogen-bond donors (Lipinski definition) is 1. The van der Waals surface area contributed by atoms with Gasteiger partial charge in [0.15, 0.2) is 0 Å². The Bertz CT molecular complexity index is 807. The summed E-state index contributed by atoms with van der Waals surface area (Å²) in [5, 5.41) is 0. The van der Waals surface area contributed by atoms with Crippen LogP contribution in [0.2, 0.25) is 0 Å². The molecule has 2 N–H and O–H groups in total. The third kappa shape index (κ3) is 2.06. The zero-order chi connectivity index (χ0) is 14.4. The van der Waals surface area contributed by atoms with E-state index in [-0.39, 0.29) is 0 Å². The van der Waals surface area contributed by atoms with Gasteiger partial charge in [0.25, 0.3) is 0 Å². The van der Waals surface area contributed by atoms with E-state index in [0.29, 0.717) is 22.7 Å². The third-order valence-corrected chi connectivity index (χ3v) is 3.91. The highest BCUT2D eigenvalue weighted by Gasteiger charge is 2.14. The van der Waals surface area contributed by atoms with E-state index in [1.165, 1.54) is 12.1 Å². The SMILES string of the molecule is Cc1cc2nc(-c3cc(F)cc(F)c3)c(N)n2cc1Br. The lowest BCUT2D eigenvalue weighted by Gasteiger charge is -2.02. The van der Waals surface area contributed by atoms with Gasteiger partial charge >= 0.3 is 0 Å². The maximum Gasteiger partial charge on any atom is 0.139 e. The minimum Gasteiger partial charge on any atom is -0.383 e. The average molecular weight is 338 g/mol. The van der Waals surface area contributed by atoms with Gasteiger partial charge in [0.05, 0.1) is 0 Å². The summed E-state index contributed by atoms with van der Waals surface area (Å²) < 4.78 is 29.2. The van der Waals surface area contributed by atoms with Crippen molar-refractivity contribution in [1.29, 1.82) is 0 Å². The molecule has 6 heteroatoms. The van der Waals surface area contributed by atoms with Crippen molar-refractivity contribution in [1.82, 2.24) is 9.38 Å². The Morgan fingerprint density at radius 2 is 1.80 bits per heavy atom. The molecule has 0 saturated heterocycles. The molecular weight excluding hydrogens is 328 g/mol. The number of anilines is 1. The second-order valence-corrected chi connectivity index (χ2v) is 5.39. The van der Waals surface area contributed by atoms with Crippen molar-refractivity contribution in [2.45, 2.75) is 6.92 Å². The van der Waals surface area contributed by atoms with E-state index in [1.807, 2.05) is 13.0 Å². The van der Waals surface area contributed by atoms with Gasteiger partial charge in [-0.05, 0) is 46.6 Å². The molecule has 0 fully saturated rings. The van der Waals surface area contributed by atoms with Gasteiger partial charge in [-0.3, -0.25) is 4.40 Å². The number of pyridine rings is 1. The number of aryl methyl sites for hydroxylation is 1. The van der Waals surface area contributed by atoms with Crippen molar-refractivity contribution in [2.75, 3.05) is 5.73 Å². The first-order valence-electron chi connectivity index (χ1n) is 5.86. The second-order valence-electron chi connectivity index (χ2n) is 4.54. The lowest BCUT2D eigenvalue weighted by Crippen LogP contribution is -1.95. The van der Waals surface area contributed by atoms with Crippen molar-refractivity contribution < 1.29 is 8.78 Å². The van der Waals surface area contributed by atoms with E-state index in [2.05, 4.69) is 20.9 Å². The number of nitrogens with two attached hydrogens (primary N) is 1. The highest BCUT2D eigenvalue weighted by Crippen LogP contribution is 2.29. The summed E-state index contributed by atoms with van der Waals surface area (Å²) in [4.78, 5) is 4.35. The lowest BCUT2D eigenvalue weighted by atomic mass is 10.1. The van der Waals surface area contributed by atoms with Crippen LogP contribution >= 0.6 is 15.9 Å². The quantitative estimate of drug-likeness (QED) is 0.731. The molecule has 0 aliphatic carbocycles. The van der Waals surface area contributed by atoms with Gasteiger partial charge in [-0.25, -0.2) is 13.8 Å². The normalized spacial score (nSPS) is 11.2. The van der Waals surface area contributed by atoms with Crippen LogP contribution in [0, 0.1) is 18.6 Å². The van der Waals surface area contributed by atoms with Crippen LogP contribution in [0.15, 0.2) is 34.9 Å². The summed E-state index contributed by atoms with van der Waals surface area (Å²) >= 11 is 3.42. The molecule has 3 nitrogen and oxygen atoms in total. The van der Waals surface area contributed by atoms with Gasteiger partial charge in [0.2, 0.25) is 0 Å². The maximum absolute atomic E-state index is 13.3. The van der Waals surface area contributed by atoms with E-state index in [1.54, 1.807) is 10.6 Å². The Hall–Kier alpha value is -1.95. The highest BCUT2D eigenvalue weighted by atomic mass is 79.9. The Balaban J connectivity index is 2.29. The Morgan fingerprint density at radius 3 is 2.45 bits per heavy atom. The van der Waals surface area contributed by atoms with Crippen LogP contribution in [0.5, 0.6) is 0 Å². The van der Waals surface area contributed by atoms with E-state index in [9.17, 15) is 8.78 Å². The zero-order valence-corrected chi connectivity index (χ0v) is 12.1. The fourth-order valence-electron chi connectivity index (χ4n) is 2.08. The average Bonchev–Trinajstić information content (AvgIpc) is 2.66. The van der Waals surface area contributed by atoms with Crippen molar-refractivity contribution in [3.8, 4) is 11.3 Å². The molecule has 102 valence electrons. The molecule has 0 unspecified atom stereocenters. The molecule has 20 heavy (non-hydrogen) atoms. The number of benzene rings is 1. The fraction of sp³-hybridized carbons (Fsp3) is 0.0714. The van der Waals surface area contributed by atoms with Crippen LogP contribution < -0.4 is 5.73 Å². The number of aromatic nitrogens is 2. The van der Waals surface area contributed by atoms with Crippen LogP contribution in [0.3, 0.4) is 0 Å². The molecule has 0 spiro atoms. The number of nitrogens with zero attached hydrogens (tertiary/aromatic N) is 2. The zero-order valence-electron chi connectivity index (χ0n) is 10.5. The van der Waals surface area contributed by atoms with Crippen LogP contribution in [0.1, 0.15) is 5.56 Å². The molecule has 0 atom stereocenters. The van der Waals surface area contributed by atoms with Gasteiger partial charge in [0, 0.05) is 22.3 Å². The highest BCUT2D eigenvalue weighted by molar-refractivity contribution is 9.10. The smallest absolute Gasteiger partial charge is 0.139 e. The molecule has 0 bridgehead atoms. The summed E-state index contributed by atoms with van der Waals surface area (Å²) in [6, 6.07) is 5.09. The molecule has 0 radical (unpaired) electrons. The first-order chi connectivity index (χ1) is 9.45.